The van der Waals surface area contributed by atoms with Crippen LogP contribution in [0.3, 0.4) is 0 Å². The summed E-state index contributed by atoms with van der Waals surface area (Å²) in [5, 5.41) is 6.09. The SMILES string of the molecule is Cc1ccc(-c2csc3ncn(CC(=O)N[C@H](C)c4ccc(Cl)cc4)c(=O)c23)s1. The van der Waals surface area contributed by atoms with Gasteiger partial charge < -0.3 is 5.32 Å². The second kappa shape index (κ2) is 8.10. The average molecular weight is 444 g/mol. The van der Waals surface area contributed by atoms with Crippen LogP contribution in [0.15, 0.2) is 52.9 Å². The number of amides is 1. The number of hydrogen-bond donors (Lipinski definition) is 1. The number of aryl methyl sites for hydroxylation is 1. The number of nitrogens with zero attached hydrogens (tertiary/aromatic N) is 2. The van der Waals surface area contributed by atoms with E-state index >= 15 is 0 Å². The van der Waals surface area contributed by atoms with Crippen LogP contribution in [0.25, 0.3) is 20.7 Å². The van der Waals surface area contributed by atoms with Crippen LogP contribution < -0.4 is 10.9 Å². The summed E-state index contributed by atoms with van der Waals surface area (Å²) < 4.78 is 1.36. The van der Waals surface area contributed by atoms with Crippen molar-refractivity contribution in [2.45, 2.75) is 26.4 Å². The molecule has 0 aliphatic heterocycles. The van der Waals surface area contributed by atoms with Gasteiger partial charge in [-0.3, -0.25) is 14.2 Å². The molecule has 1 N–H and O–H groups in total. The van der Waals surface area contributed by atoms with Gasteiger partial charge in [0.2, 0.25) is 5.91 Å². The highest BCUT2D eigenvalue weighted by Gasteiger charge is 2.16. The van der Waals surface area contributed by atoms with Crippen LogP contribution >= 0.6 is 34.3 Å². The van der Waals surface area contributed by atoms with Crippen molar-refractivity contribution in [2.75, 3.05) is 0 Å². The van der Waals surface area contributed by atoms with Gasteiger partial charge in [0.05, 0.1) is 17.8 Å². The lowest BCUT2D eigenvalue weighted by Crippen LogP contribution is -2.33. The van der Waals surface area contributed by atoms with Crippen LogP contribution in [0.4, 0.5) is 0 Å². The predicted octanol–water partition coefficient (Wildman–Crippen LogP) is 5.03. The number of aromatic nitrogens is 2. The number of carbonyl (C=O) groups excluding carboxylic acids is 1. The largest absolute Gasteiger partial charge is 0.348 e. The summed E-state index contributed by atoms with van der Waals surface area (Å²) in [6.45, 7) is 3.84. The Morgan fingerprint density at radius 2 is 2.00 bits per heavy atom. The van der Waals surface area contributed by atoms with Gasteiger partial charge in [0.1, 0.15) is 11.4 Å². The zero-order valence-corrected chi connectivity index (χ0v) is 18.2. The number of benzene rings is 1. The fraction of sp³-hybridized carbons (Fsp3) is 0.190. The van der Waals surface area contributed by atoms with Gasteiger partial charge >= 0.3 is 0 Å². The van der Waals surface area contributed by atoms with Crippen molar-refractivity contribution in [3.63, 3.8) is 0 Å². The topological polar surface area (TPSA) is 64.0 Å². The maximum Gasteiger partial charge on any atom is 0.263 e. The number of rotatable bonds is 5. The van der Waals surface area contributed by atoms with Crippen LogP contribution in [0.5, 0.6) is 0 Å². The van der Waals surface area contributed by atoms with Gasteiger partial charge in [0, 0.05) is 25.7 Å². The van der Waals surface area contributed by atoms with E-state index in [4.69, 9.17) is 11.6 Å². The Hall–Kier alpha value is -2.48. The first-order valence-corrected chi connectivity index (χ1v) is 11.1. The second-order valence-electron chi connectivity index (χ2n) is 6.76. The molecule has 4 rings (SSSR count). The summed E-state index contributed by atoms with van der Waals surface area (Å²) >= 11 is 8.99. The molecule has 1 atom stereocenters. The highest BCUT2D eigenvalue weighted by molar-refractivity contribution is 7.19. The van der Waals surface area contributed by atoms with Gasteiger partial charge in [-0.25, -0.2) is 4.98 Å². The molecule has 8 heteroatoms. The predicted molar refractivity (Wildman–Crippen MR) is 120 cm³/mol. The summed E-state index contributed by atoms with van der Waals surface area (Å²) in [6.07, 6.45) is 1.44. The third kappa shape index (κ3) is 4.12. The Kier molecular flexibility index (Phi) is 5.54. The highest BCUT2D eigenvalue weighted by Crippen LogP contribution is 2.34. The third-order valence-electron chi connectivity index (χ3n) is 4.63. The molecule has 3 heterocycles. The summed E-state index contributed by atoms with van der Waals surface area (Å²) in [5.74, 6) is -0.251. The van der Waals surface area contributed by atoms with Crippen molar-refractivity contribution >= 4 is 50.4 Å². The normalized spacial score (nSPS) is 12.2. The maximum atomic E-state index is 13.1. The summed E-state index contributed by atoms with van der Waals surface area (Å²) in [4.78, 5) is 32.9. The lowest BCUT2D eigenvalue weighted by Gasteiger charge is -2.15. The van der Waals surface area contributed by atoms with Gasteiger partial charge in [0.25, 0.3) is 5.56 Å². The van der Waals surface area contributed by atoms with E-state index in [1.807, 2.05) is 43.5 Å². The van der Waals surface area contributed by atoms with Gasteiger partial charge in [-0.15, -0.1) is 22.7 Å². The van der Waals surface area contributed by atoms with Crippen molar-refractivity contribution in [1.29, 1.82) is 0 Å². The van der Waals surface area contributed by atoms with E-state index in [-0.39, 0.29) is 24.1 Å². The summed E-state index contributed by atoms with van der Waals surface area (Å²) in [5.41, 5.74) is 1.62. The number of nitrogens with one attached hydrogen (secondary N) is 1. The molecule has 0 saturated heterocycles. The first kappa shape index (κ1) is 19.8. The Bertz CT molecular complexity index is 1240. The maximum absolute atomic E-state index is 13.1. The van der Waals surface area contributed by atoms with Crippen LogP contribution in [-0.4, -0.2) is 15.5 Å². The Morgan fingerprint density at radius 3 is 2.69 bits per heavy atom. The smallest absolute Gasteiger partial charge is 0.263 e. The number of halogens is 1. The minimum Gasteiger partial charge on any atom is -0.348 e. The molecule has 3 aromatic heterocycles. The molecule has 0 fully saturated rings. The molecule has 5 nitrogen and oxygen atoms in total. The van der Waals surface area contributed by atoms with Gasteiger partial charge in [-0.1, -0.05) is 23.7 Å². The van der Waals surface area contributed by atoms with Crippen molar-refractivity contribution in [3.05, 3.63) is 73.9 Å². The van der Waals surface area contributed by atoms with Gasteiger partial charge in [-0.05, 0) is 43.7 Å². The van der Waals surface area contributed by atoms with Gasteiger partial charge in [0.15, 0.2) is 0 Å². The highest BCUT2D eigenvalue weighted by atomic mass is 35.5. The fourth-order valence-corrected chi connectivity index (χ4v) is 5.11. The third-order valence-corrected chi connectivity index (χ3v) is 6.80. The minimum atomic E-state index is -0.251. The number of fused-ring (bicyclic) bond motifs is 1. The molecule has 0 aliphatic rings. The van der Waals surface area contributed by atoms with E-state index in [1.54, 1.807) is 23.5 Å². The van der Waals surface area contributed by atoms with Crippen molar-refractivity contribution < 1.29 is 4.79 Å². The first-order valence-electron chi connectivity index (χ1n) is 9.00. The van der Waals surface area contributed by atoms with Crippen molar-refractivity contribution in [3.8, 4) is 10.4 Å². The standard InChI is InChI=1S/C21H18ClN3O2S2/c1-12-3-8-17(29-12)16-10-28-20-19(16)21(27)25(11-23-20)9-18(26)24-13(2)14-4-6-15(22)7-5-14/h3-8,10-11,13H,9H2,1-2H3,(H,24,26)/t13-/m1/s1. The molecule has 1 amide bonds. The molecule has 0 spiro atoms. The molecule has 4 aromatic rings. The molecule has 1 aromatic carbocycles. The molecule has 148 valence electrons. The summed E-state index contributed by atoms with van der Waals surface area (Å²) in [7, 11) is 0. The van der Waals surface area contributed by atoms with Crippen molar-refractivity contribution in [1.82, 2.24) is 14.9 Å². The molecule has 0 aliphatic carbocycles. The monoisotopic (exact) mass is 443 g/mol. The molecular weight excluding hydrogens is 426 g/mol. The molecular formula is C21H18ClN3O2S2. The Labute approximate surface area is 180 Å². The van der Waals surface area contributed by atoms with E-state index < -0.39 is 0 Å². The quantitative estimate of drug-likeness (QED) is 0.470. The van der Waals surface area contributed by atoms with E-state index in [9.17, 15) is 9.59 Å². The van der Waals surface area contributed by atoms with Crippen molar-refractivity contribution in [2.24, 2.45) is 0 Å². The molecule has 0 saturated carbocycles. The van der Waals surface area contributed by atoms with Crippen LogP contribution in [-0.2, 0) is 11.3 Å². The van der Waals surface area contributed by atoms with Gasteiger partial charge in [-0.2, -0.15) is 0 Å². The van der Waals surface area contributed by atoms with E-state index in [0.717, 1.165) is 16.0 Å². The van der Waals surface area contributed by atoms with Crippen LogP contribution in [0.2, 0.25) is 5.02 Å². The lowest BCUT2D eigenvalue weighted by atomic mass is 10.1. The zero-order chi connectivity index (χ0) is 20.5. The molecule has 29 heavy (non-hydrogen) atoms. The number of thiophene rings is 2. The second-order valence-corrected chi connectivity index (χ2v) is 9.34. The number of carbonyl (C=O) groups is 1. The minimum absolute atomic E-state index is 0.0849. The summed E-state index contributed by atoms with van der Waals surface area (Å²) in [6, 6.07) is 11.2. The molecule has 0 unspecified atom stereocenters. The Balaban J connectivity index is 1.58. The van der Waals surface area contributed by atoms with Crippen LogP contribution in [0.1, 0.15) is 23.4 Å². The fourth-order valence-electron chi connectivity index (χ4n) is 3.12. The zero-order valence-electron chi connectivity index (χ0n) is 15.8. The van der Waals surface area contributed by atoms with Crippen LogP contribution in [0, 0.1) is 6.92 Å². The molecule has 0 radical (unpaired) electrons. The van der Waals surface area contributed by atoms with E-state index in [1.165, 1.54) is 27.1 Å². The Morgan fingerprint density at radius 1 is 1.24 bits per heavy atom. The number of hydrogen-bond acceptors (Lipinski definition) is 5. The molecule has 0 bridgehead atoms. The van der Waals surface area contributed by atoms with E-state index in [2.05, 4.69) is 10.3 Å². The first-order chi connectivity index (χ1) is 13.9. The van der Waals surface area contributed by atoms with E-state index in [0.29, 0.717) is 15.2 Å². The average Bonchev–Trinajstić information content (AvgIpc) is 3.31. The lowest BCUT2D eigenvalue weighted by molar-refractivity contribution is -0.122.